The molecule has 1 amide bonds. The van der Waals surface area contributed by atoms with Crippen molar-refractivity contribution in [2.24, 2.45) is 0 Å². The topological polar surface area (TPSA) is 59.8 Å². The van der Waals surface area contributed by atoms with Gasteiger partial charge < -0.3 is 5.32 Å². The van der Waals surface area contributed by atoms with Gasteiger partial charge in [0, 0.05) is 12.6 Å². The van der Waals surface area contributed by atoms with E-state index in [-0.39, 0.29) is 5.91 Å². The number of carbonyl (C=O) groups excluding carboxylic acids is 1. The quantitative estimate of drug-likeness (QED) is 0.608. The number of nitrogens with zero attached hydrogens (tertiary/aromatic N) is 3. The van der Waals surface area contributed by atoms with Crippen LogP contribution in [-0.2, 0) is 17.8 Å². The van der Waals surface area contributed by atoms with Crippen LogP contribution in [0.4, 0.5) is 0 Å². The molecule has 1 fully saturated rings. The molecule has 0 radical (unpaired) electrons. The van der Waals surface area contributed by atoms with Crippen LogP contribution in [0.3, 0.4) is 0 Å². The van der Waals surface area contributed by atoms with Crippen molar-refractivity contribution in [1.82, 2.24) is 20.1 Å². The molecule has 1 aliphatic carbocycles. The van der Waals surface area contributed by atoms with Gasteiger partial charge in [-0.1, -0.05) is 49.2 Å². The summed E-state index contributed by atoms with van der Waals surface area (Å²) in [6.07, 6.45) is 8.94. The Kier molecular flexibility index (Phi) is 6.35. The van der Waals surface area contributed by atoms with Crippen molar-refractivity contribution in [1.29, 1.82) is 0 Å². The average Bonchev–Trinajstić information content (AvgIpc) is 3.43. The first-order chi connectivity index (χ1) is 14.3. The molecule has 1 saturated carbocycles. The second kappa shape index (κ2) is 9.50. The number of hydrogen-bond donors (Lipinski definition) is 1. The van der Waals surface area contributed by atoms with Crippen molar-refractivity contribution in [3.8, 4) is 11.4 Å². The number of aromatic nitrogens is 3. The van der Waals surface area contributed by atoms with Crippen LogP contribution in [0.1, 0.15) is 55.8 Å². The maximum Gasteiger partial charge on any atom is 0.220 e. The zero-order valence-electron chi connectivity index (χ0n) is 16.8. The van der Waals surface area contributed by atoms with Crippen LogP contribution in [0, 0.1) is 0 Å². The maximum absolute atomic E-state index is 12.3. The molecular formula is C24H28N4O. The van der Waals surface area contributed by atoms with Gasteiger partial charge in [0.2, 0.25) is 5.91 Å². The summed E-state index contributed by atoms with van der Waals surface area (Å²) in [5, 5.41) is 7.86. The Morgan fingerprint density at radius 1 is 1.07 bits per heavy atom. The summed E-state index contributed by atoms with van der Waals surface area (Å²) < 4.78 is 2.13. The third-order valence-corrected chi connectivity index (χ3v) is 5.56. The fourth-order valence-corrected chi connectivity index (χ4v) is 4.04. The largest absolute Gasteiger partial charge is 0.350 e. The highest BCUT2D eigenvalue weighted by Gasteiger charge is 2.22. The highest BCUT2D eigenvalue weighted by molar-refractivity contribution is 5.75. The lowest BCUT2D eigenvalue weighted by molar-refractivity contribution is -0.121. The Bertz CT molecular complexity index is 915. The van der Waals surface area contributed by atoms with Crippen molar-refractivity contribution < 1.29 is 4.79 Å². The Morgan fingerprint density at radius 3 is 2.62 bits per heavy atom. The molecule has 2 aromatic heterocycles. The van der Waals surface area contributed by atoms with Gasteiger partial charge in [0.05, 0.1) is 29.7 Å². The molecule has 0 unspecified atom stereocenters. The molecule has 0 aliphatic heterocycles. The molecule has 5 nitrogen and oxygen atoms in total. The lowest BCUT2D eigenvalue weighted by Gasteiger charge is -2.13. The predicted molar refractivity (Wildman–Crippen MR) is 114 cm³/mol. The third-order valence-electron chi connectivity index (χ3n) is 5.56. The van der Waals surface area contributed by atoms with Crippen molar-refractivity contribution in [2.45, 2.75) is 57.5 Å². The van der Waals surface area contributed by atoms with E-state index in [4.69, 9.17) is 5.10 Å². The standard InChI is InChI=1S/C24H28N4O/c29-24(15-8-11-19-9-2-1-3-10-19)26-18-20-17-23(22-14-6-7-16-25-22)28(27-20)21-12-4-5-13-21/h1-3,6-7,9-10,14,16-17,21H,4-5,8,11-13,15,18H2,(H,26,29). The first-order valence-electron chi connectivity index (χ1n) is 10.6. The van der Waals surface area contributed by atoms with Crippen LogP contribution in [0.5, 0.6) is 0 Å². The smallest absolute Gasteiger partial charge is 0.220 e. The molecule has 1 aliphatic rings. The van der Waals surface area contributed by atoms with Crippen LogP contribution in [-0.4, -0.2) is 20.7 Å². The van der Waals surface area contributed by atoms with Gasteiger partial charge in [-0.25, -0.2) is 0 Å². The third kappa shape index (κ3) is 5.11. The van der Waals surface area contributed by atoms with Crippen LogP contribution in [0.15, 0.2) is 60.8 Å². The molecule has 5 heteroatoms. The van der Waals surface area contributed by atoms with Gasteiger partial charge in [-0.3, -0.25) is 14.5 Å². The van der Waals surface area contributed by atoms with Gasteiger partial charge >= 0.3 is 0 Å². The summed E-state index contributed by atoms with van der Waals surface area (Å²) in [4.78, 5) is 16.8. The number of benzene rings is 1. The molecule has 0 spiro atoms. The Hall–Kier alpha value is -2.95. The van der Waals surface area contributed by atoms with Crippen LogP contribution < -0.4 is 5.32 Å². The summed E-state index contributed by atoms with van der Waals surface area (Å²) >= 11 is 0. The Labute approximate surface area is 172 Å². The number of amides is 1. The average molecular weight is 389 g/mol. The zero-order chi connectivity index (χ0) is 19.9. The predicted octanol–water partition coefficient (Wildman–Crippen LogP) is 4.70. The van der Waals surface area contributed by atoms with Crippen LogP contribution >= 0.6 is 0 Å². The van der Waals surface area contributed by atoms with Gasteiger partial charge in [0.1, 0.15) is 0 Å². The normalized spacial score (nSPS) is 14.2. The molecule has 3 aromatic rings. The van der Waals surface area contributed by atoms with Gasteiger partial charge in [-0.2, -0.15) is 5.10 Å². The zero-order valence-corrected chi connectivity index (χ0v) is 16.8. The van der Waals surface area contributed by atoms with Crippen LogP contribution in [0.2, 0.25) is 0 Å². The lowest BCUT2D eigenvalue weighted by atomic mass is 10.1. The van der Waals surface area contributed by atoms with Gasteiger partial charge in [-0.15, -0.1) is 0 Å². The first-order valence-corrected chi connectivity index (χ1v) is 10.6. The number of carbonyl (C=O) groups is 1. The summed E-state index contributed by atoms with van der Waals surface area (Å²) in [5.74, 6) is 0.0794. The number of rotatable bonds is 8. The lowest BCUT2D eigenvalue weighted by Crippen LogP contribution is -2.23. The van der Waals surface area contributed by atoms with E-state index in [1.165, 1.54) is 18.4 Å². The van der Waals surface area contributed by atoms with E-state index in [9.17, 15) is 4.79 Å². The summed E-state index contributed by atoms with van der Waals surface area (Å²) in [5.41, 5.74) is 4.16. The highest BCUT2D eigenvalue weighted by atomic mass is 16.1. The Morgan fingerprint density at radius 2 is 1.86 bits per heavy atom. The van der Waals surface area contributed by atoms with Crippen molar-refractivity contribution in [3.63, 3.8) is 0 Å². The fraction of sp³-hybridized carbons (Fsp3) is 0.375. The molecular weight excluding hydrogens is 360 g/mol. The molecule has 29 heavy (non-hydrogen) atoms. The number of hydrogen-bond acceptors (Lipinski definition) is 3. The van der Waals surface area contributed by atoms with E-state index in [0.717, 1.165) is 42.8 Å². The van der Waals surface area contributed by atoms with E-state index < -0.39 is 0 Å². The second-order valence-corrected chi connectivity index (χ2v) is 7.73. The maximum atomic E-state index is 12.3. The molecule has 150 valence electrons. The van der Waals surface area contributed by atoms with Crippen molar-refractivity contribution in [3.05, 3.63) is 72.1 Å². The monoisotopic (exact) mass is 388 g/mol. The molecule has 0 saturated heterocycles. The fourth-order valence-electron chi connectivity index (χ4n) is 4.04. The van der Waals surface area contributed by atoms with Gasteiger partial charge in [0.15, 0.2) is 0 Å². The Balaban J connectivity index is 1.36. The minimum absolute atomic E-state index is 0.0794. The van der Waals surface area contributed by atoms with E-state index in [1.54, 1.807) is 0 Å². The van der Waals surface area contributed by atoms with Gasteiger partial charge in [-0.05, 0) is 49.4 Å². The number of aryl methyl sites for hydroxylation is 1. The van der Waals surface area contributed by atoms with E-state index in [1.807, 2.05) is 42.6 Å². The highest BCUT2D eigenvalue weighted by Crippen LogP contribution is 2.33. The molecule has 0 bridgehead atoms. The van der Waals surface area contributed by atoms with E-state index >= 15 is 0 Å². The molecule has 1 aromatic carbocycles. The van der Waals surface area contributed by atoms with Crippen molar-refractivity contribution >= 4 is 5.91 Å². The van der Waals surface area contributed by atoms with E-state index in [2.05, 4.69) is 33.2 Å². The molecule has 0 atom stereocenters. The van der Waals surface area contributed by atoms with E-state index in [0.29, 0.717) is 19.0 Å². The minimum Gasteiger partial charge on any atom is -0.350 e. The number of pyridine rings is 1. The molecule has 1 N–H and O–H groups in total. The summed E-state index contributed by atoms with van der Waals surface area (Å²) in [6.45, 7) is 0.462. The summed E-state index contributed by atoms with van der Waals surface area (Å²) in [6, 6.07) is 18.8. The first kappa shape index (κ1) is 19.4. The molecule has 2 heterocycles. The van der Waals surface area contributed by atoms with Crippen LogP contribution in [0.25, 0.3) is 11.4 Å². The minimum atomic E-state index is 0.0794. The summed E-state index contributed by atoms with van der Waals surface area (Å²) in [7, 11) is 0. The second-order valence-electron chi connectivity index (χ2n) is 7.73. The molecule has 4 rings (SSSR count). The van der Waals surface area contributed by atoms with Crippen molar-refractivity contribution in [2.75, 3.05) is 0 Å². The number of nitrogens with one attached hydrogen (secondary N) is 1. The SMILES string of the molecule is O=C(CCCc1ccccc1)NCc1cc(-c2ccccn2)n(C2CCCC2)n1. The van der Waals surface area contributed by atoms with Gasteiger partial charge in [0.25, 0.3) is 0 Å².